The number of nitriles is 1. The first kappa shape index (κ1) is 40.8. The Bertz CT molecular complexity index is 2320. The third-order valence-electron chi connectivity index (χ3n) is 10.1. The number of nitrogens with zero attached hydrogens (tertiary/aromatic N) is 6. The van der Waals surface area contributed by atoms with Crippen LogP contribution in [0.1, 0.15) is 76.2 Å². The van der Waals surface area contributed by atoms with Crippen molar-refractivity contribution in [2.75, 3.05) is 56.8 Å². The van der Waals surface area contributed by atoms with Crippen molar-refractivity contribution >= 4 is 51.9 Å². The molecule has 1 aliphatic carbocycles. The monoisotopic (exact) mass is 810 g/mol. The first-order chi connectivity index (χ1) is 28.4. The molecule has 0 spiro atoms. The Hall–Kier alpha value is -6.36. The normalized spacial score (nSPS) is 17.1. The number of amides is 5. The highest BCUT2D eigenvalue weighted by Gasteiger charge is 2.45. The molecule has 7 rings (SSSR count). The van der Waals surface area contributed by atoms with Crippen LogP contribution in [0.25, 0.3) is 16.9 Å². The lowest BCUT2D eigenvalue weighted by atomic mass is 10.0. The van der Waals surface area contributed by atoms with E-state index in [9.17, 15) is 29.2 Å². The summed E-state index contributed by atoms with van der Waals surface area (Å²) >= 11 is 0. The van der Waals surface area contributed by atoms with Gasteiger partial charge in [0.25, 0.3) is 17.7 Å². The van der Waals surface area contributed by atoms with Gasteiger partial charge in [0.15, 0.2) is 11.5 Å². The van der Waals surface area contributed by atoms with Crippen molar-refractivity contribution in [3.8, 4) is 11.9 Å². The number of nitrogens with one attached hydrogen (secondary N) is 4. The van der Waals surface area contributed by atoms with E-state index in [0.29, 0.717) is 40.3 Å². The van der Waals surface area contributed by atoms with Gasteiger partial charge >= 0.3 is 0 Å². The average molecular weight is 811 g/mol. The Morgan fingerprint density at radius 3 is 2.54 bits per heavy atom. The summed E-state index contributed by atoms with van der Waals surface area (Å²) in [6, 6.07) is 9.42. The Kier molecular flexibility index (Phi) is 12.2. The fourth-order valence-corrected chi connectivity index (χ4v) is 6.68. The highest BCUT2D eigenvalue weighted by atomic mass is 19.1. The van der Waals surface area contributed by atoms with Gasteiger partial charge in [-0.15, -0.1) is 0 Å². The summed E-state index contributed by atoms with van der Waals surface area (Å²) in [7, 11) is 0. The predicted molar refractivity (Wildman–Crippen MR) is 209 cm³/mol. The molecule has 2 atom stereocenters. The van der Waals surface area contributed by atoms with Crippen LogP contribution in [0, 0.1) is 11.3 Å². The number of piperidine rings is 1. The number of carbonyl (C=O) groups is 5. The Morgan fingerprint density at radius 2 is 1.78 bits per heavy atom. The molecule has 4 aromatic rings. The molecule has 2 fully saturated rings. The first-order valence-corrected chi connectivity index (χ1v) is 19.3. The van der Waals surface area contributed by atoms with Crippen molar-refractivity contribution in [1.82, 2.24) is 35.3 Å². The number of benzene rings is 1. The van der Waals surface area contributed by atoms with Crippen LogP contribution in [0.2, 0.25) is 0 Å². The number of ether oxygens (including phenoxy) is 3. The van der Waals surface area contributed by atoms with Gasteiger partial charge in [-0.25, -0.2) is 14.4 Å². The minimum absolute atomic E-state index is 0.0375. The van der Waals surface area contributed by atoms with Gasteiger partial charge in [0.05, 0.1) is 79.3 Å². The zero-order chi connectivity index (χ0) is 41.7. The number of alkyl halides is 1. The summed E-state index contributed by atoms with van der Waals surface area (Å²) in [5, 5.41) is 25.5. The number of rotatable bonds is 19. The van der Waals surface area contributed by atoms with Gasteiger partial charge in [-0.3, -0.25) is 34.2 Å². The highest BCUT2D eigenvalue weighted by Crippen LogP contribution is 2.33. The third kappa shape index (κ3) is 9.19. The predicted octanol–water partition coefficient (Wildman–Crippen LogP) is 2.67. The number of carbonyl (C=O) groups excluding carboxylic acids is 5. The molecule has 5 amide bonds. The zero-order valence-electron chi connectivity index (χ0n) is 32.5. The van der Waals surface area contributed by atoms with Crippen LogP contribution in [0.3, 0.4) is 0 Å². The van der Waals surface area contributed by atoms with Crippen LogP contribution in [0.5, 0.6) is 0 Å². The maximum Gasteiger partial charge on any atom is 0.264 e. The molecule has 3 aliphatic rings. The smallest absolute Gasteiger partial charge is 0.264 e. The van der Waals surface area contributed by atoms with Gasteiger partial charge in [0.2, 0.25) is 11.8 Å². The van der Waals surface area contributed by atoms with Gasteiger partial charge in [0.1, 0.15) is 18.3 Å². The van der Waals surface area contributed by atoms with Crippen molar-refractivity contribution in [2.45, 2.75) is 63.4 Å². The Balaban J connectivity index is 0.806. The van der Waals surface area contributed by atoms with Crippen LogP contribution < -0.4 is 21.3 Å². The van der Waals surface area contributed by atoms with Gasteiger partial charge in [-0.1, -0.05) is 6.07 Å². The SMILES string of the molecule is CC(C)(OCCOCCOCCNc1cccc2c1C(=O)N(C1CCC(=O)NC1=O)C2=O)C(F)CNC(=O)c1cnc(-n2ncc3cc(C#N)cnc32)cc1NC1CC1. The van der Waals surface area contributed by atoms with Crippen molar-refractivity contribution in [3.05, 3.63) is 71.2 Å². The van der Waals surface area contributed by atoms with Crippen molar-refractivity contribution in [1.29, 1.82) is 5.26 Å². The molecule has 2 aliphatic heterocycles. The fraction of sp³-hybridized carbons (Fsp3) is 0.425. The molecule has 3 aromatic heterocycles. The molecule has 2 unspecified atom stereocenters. The minimum atomic E-state index is -1.55. The van der Waals surface area contributed by atoms with Crippen LogP contribution in [0.15, 0.2) is 48.9 Å². The molecule has 5 heterocycles. The molecule has 1 aromatic carbocycles. The average Bonchev–Trinajstić information content (AvgIpc) is 3.88. The number of imide groups is 2. The summed E-state index contributed by atoms with van der Waals surface area (Å²) in [6.45, 7) is 4.22. The van der Waals surface area contributed by atoms with Gasteiger partial charge < -0.3 is 30.2 Å². The number of fused-ring (bicyclic) bond motifs is 2. The molecule has 0 radical (unpaired) electrons. The summed E-state index contributed by atoms with van der Waals surface area (Å²) < 4.78 is 33.9. The van der Waals surface area contributed by atoms with Crippen molar-refractivity contribution in [2.24, 2.45) is 0 Å². The number of anilines is 2. The zero-order valence-corrected chi connectivity index (χ0v) is 32.5. The lowest BCUT2D eigenvalue weighted by Gasteiger charge is -2.29. The van der Waals surface area contributed by atoms with E-state index in [2.05, 4.69) is 42.4 Å². The van der Waals surface area contributed by atoms with Crippen molar-refractivity contribution < 1.29 is 42.6 Å². The van der Waals surface area contributed by atoms with E-state index in [-0.39, 0.29) is 75.2 Å². The van der Waals surface area contributed by atoms with Crippen LogP contribution in [-0.4, -0.2) is 124 Å². The number of pyridine rings is 2. The van der Waals surface area contributed by atoms with E-state index in [1.165, 1.54) is 23.1 Å². The van der Waals surface area contributed by atoms with Crippen LogP contribution in [-0.2, 0) is 23.8 Å². The quantitative estimate of drug-likeness (QED) is 0.0789. The Morgan fingerprint density at radius 1 is 1.00 bits per heavy atom. The number of aromatic nitrogens is 4. The summed E-state index contributed by atoms with van der Waals surface area (Å²) in [6.07, 6.45) is 4.93. The van der Waals surface area contributed by atoms with Gasteiger partial charge in [-0.05, 0) is 51.3 Å². The summed E-state index contributed by atoms with van der Waals surface area (Å²) in [4.78, 5) is 73.2. The number of halogens is 1. The molecule has 59 heavy (non-hydrogen) atoms. The van der Waals surface area contributed by atoms with E-state index in [4.69, 9.17) is 14.2 Å². The molecular formula is C40H43FN10O8. The second kappa shape index (κ2) is 17.6. The van der Waals surface area contributed by atoms with E-state index in [0.717, 1.165) is 17.7 Å². The molecule has 308 valence electrons. The Labute approximate surface area is 337 Å². The summed E-state index contributed by atoms with van der Waals surface area (Å²) in [5.41, 5.74) is 1.24. The van der Waals surface area contributed by atoms with Crippen LogP contribution >= 0.6 is 0 Å². The largest absolute Gasteiger partial charge is 0.382 e. The first-order valence-electron chi connectivity index (χ1n) is 19.3. The second-order valence-corrected chi connectivity index (χ2v) is 14.8. The van der Waals surface area contributed by atoms with Crippen LogP contribution in [0.4, 0.5) is 15.8 Å². The third-order valence-corrected chi connectivity index (χ3v) is 10.1. The highest BCUT2D eigenvalue weighted by molar-refractivity contribution is 6.25. The van der Waals surface area contributed by atoms with Gasteiger partial charge in [-0.2, -0.15) is 15.0 Å². The molecule has 18 nitrogen and oxygen atoms in total. The molecule has 4 N–H and O–H groups in total. The van der Waals surface area contributed by atoms with Crippen molar-refractivity contribution in [3.63, 3.8) is 0 Å². The summed E-state index contributed by atoms with van der Waals surface area (Å²) in [5.74, 6) is -2.37. The standard InChI is InChI=1S/C40H43FN10O8/c1-40(2,31(41)22-46-36(53)27-21-44-32(17-29(27)48-25-6-7-25)51-35-24(20-47-51)16-23(18-42)19-45-35)59-15-14-58-13-12-57-11-10-43-28-5-3-4-26-34(28)39(56)50(38(26)55)30-8-9-33(52)49-37(30)54/h3-5,16-17,19-21,25,30-31,43H,6-15,22H2,1-2H3,(H,44,48)(H,46,53)(H,49,52,54). The molecule has 1 saturated heterocycles. The lowest BCUT2D eigenvalue weighted by Crippen LogP contribution is -2.54. The van der Waals surface area contributed by atoms with E-state index in [1.54, 1.807) is 44.3 Å². The van der Waals surface area contributed by atoms with E-state index in [1.807, 2.05) is 0 Å². The molecule has 1 saturated carbocycles. The molecule has 19 heteroatoms. The lowest BCUT2D eigenvalue weighted by molar-refractivity contribution is -0.136. The maximum absolute atomic E-state index is 15.4. The van der Waals surface area contributed by atoms with Gasteiger partial charge in [0, 0.05) is 48.5 Å². The number of hydrogen-bond acceptors (Lipinski definition) is 14. The second-order valence-electron chi connectivity index (χ2n) is 14.8. The van der Waals surface area contributed by atoms with E-state index < -0.39 is 47.4 Å². The number of hydrogen-bond donors (Lipinski definition) is 4. The maximum atomic E-state index is 15.4. The fourth-order valence-electron chi connectivity index (χ4n) is 6.68. The molecule has 0 bridgehead atoms. The van der Waals surface area contributed by atoms with E-state index >= 15 is 4.39 Å². The topological polar surface area (TPSA) is 232 Å². The minimum Gasteiger partial charge on any atom is -0.382 e. The molecular weight excluding hydrogens is 767 g/mol.